The molecule has 1 aliphatic rings. The van der Waals surface area contributed by atoms with Crippen LogP contribution in [0.1, 0.15) is 17.2 Å². The molecule has 6 heteroatoms. The minimum absolute atomic E-state index is 0.186. The Morgan fingerprint density at radius 1 is 1.53 bits per heavy atom. The second-order valence-corrected chi connectivity index (χ2v) is 3.65. The molecule has 0 aromatic heterocycles. The molecule has 0 radical (unpaired) electrons. The van der Waals surface area contributed by atoms with Crippen LogP contribution in [0.15, 0.2) is 24.3 Å². The van der Waals surface area contributed by atoms with Crippen molar-refractivity contribution in [3.8, 4) is 6.07 Å². The molecule has 0 unspecified atom stereocenters. The van der Waals surface area contributed by atoms with Crippen LogP contribution in [0.2, 0.25) is 0 Å². The number of hydrogen-bond acceptors (Lipinski definition) is 3. The Morgan fingerprint density at radius 3 is 3.00 bits per heavy atom. The predicted octanol–water partition coefficient (Wildman–Crippen LogP) is 1.97. The van der Waals surface area contributed by atoms with Gasteiger partial charge in [-0.1, -0.05) is 12.1 Å². The smallest absolute Gasteiger partial charge is 0.408 e. The number of carbonyl (C=O) groups excluding carboxylic acids is 1. The molecule has 1 fully saturated rings. The second-order valence-electron chi connectivity index (χ2n) is 3.65. The minimum atomic E-state index is -3.19. The van der Waals surface area contributed by atoms with Crippen LogP contribution >= 0.6 is 0 Å². The van der Waals surface area contributed by atoms with Gasteiger partial charge in [-0.3, -0.25) is 0 Å². The number of halogens is 2. The predicted molar refractivity (Wildman–Crippen MR) is 53.3 cm³/mol. The minimum Gasteiger partial charge on any atom is -0.443 e. The molecule has 1 heterocycles. The quantitative estimate of drug-likeness (QED) is 0.813. The zero-order chi connectivity index (χ0) is 12.5. The molecule has 0 saturated carbocycles. The Labute approximate surface area is 95.8 Å². The van der Waals surface area contributed by atoms with E-state index in [4.69, 9.17) is 5.26 Å². The number of carbonyl (C=O) groups is 1. The zero-order valence-corrected chi connectivity index (χ0v) is 8.61. The molecule has 1 aromatic carbocycles. The molecule has 0 spiro atoms. The number of nitrogens with one attached hydrogen (secondary N) is 1. The van der Waals surface area contributed by atoms with E-state index in [0.717, 1.165) is 0 Å². The highest BCUT2D eigenvalue weighted by Crippen LogP contribution is 2.34. The molecular formula is C11H8F2N2O2. The fraction of sp³-hybridized carbons (Fsp3) is 0.273. The van der Waals surface area contributed by atoms with E-state index in [2.05, 4.69) is 10.1 Å². The van der Waals surface area contributed by atoms with Gasteiger partial charge in [-0.05, 0) is 17.7 Å². The standard InChI is InChI=1S/C11H8F2N2O2/c12-11(13)6-17-10(16)15-9(11)8-3-1-2-7(4-8)5-14/h1-4,9H,6H2,(H,15,16)/t9-/m0/s1. The monoisotopic (exact) mass is 238 g/mol. The van der Waals surface area contributed by atoms with Crippen LogP contribution in [0.3, 0.4) is 0 Å². The number of nitrogens with zero attached hydrogens (tertiary/aromatic N) is 1. The molecule has 1 aliphatic heterocycles. The summed E-state index contributed by atoms with van der Waals surface area (Å²) >= 11 is 0. The van der Waals surface area contributed by atoms with Crippen molar-refractivity contribution in [2.45, 2.75) is 12.0 Å². The molecule has 1 N–H and O–H groups in total. The first-order valence-electron chi connectivity index (χ1n) is 4.84. The third kappa shape index (κ3) is 2.18. The van der Waals surface area contributed by atoms with Gasteiger partial charge in [-0.2, -0.15) is 5.26 Å². The molecular weight excluding hydrogens is 230 g/mol. The van der Waals surface area contributed by atoms with E-state index < -0.39 is 24.7 Å². The molecule has 1 aromatic rings. The largest absolute Gasteiger partial charge is 0.443 e. The van der Waals surface area contributed by atoms with E-state index in [-0.39, 0.29) is 11.1 Å². The van der Waals surface area contributed by atoms with Crippen molar-refractivity contribution < 1.29 is 18.3 Å². The summed E-state index contributed by atoms with van der Waals surface area (Å²) in [6.07, 6.45) is -0.886. The summed E-state index contributed by atoms with van der Waals surface area (Å²) < 4.78 is 31.3. The fourth-order valence-electron chi connectivity index (χ4n) is 1.63. The number of rotatable bonds is 1. The number of amides is 1. The van der Waals surface area contributed by atoms with E-state index in [1.165, 1.54) is 24.3 Å². The van der Waals surface area contributed by atoms with Gasteiger partial charge in [0.25, 0.3) is 0 Å². The van der Waals surface area contributed by atoms with Crippen LogP contribution in [0.4, 0.5) is 13.6 Å². The van der Waals surface area contributed by atoms with Gasteiger partial charge in [0.15, 0.2) is 6.61 Å². The summed E-state index contributed by atoms with van der Waals surface area (Å²) in [6.45, 7) is -0.958. The maximum atomic E-state index is 13.5. The summed E-state index contributed by atoms with van der Waals surface area (Å²) in [5.74, 6) is -3.19. The fourth-order valence-corrected chi connectivity index (χ4v) is 1.63. The highest BCUT2D eigenvalue weighted by atomic mass is 19.3. The second kappa shape index (κ2) is 4.01. The van der Waals surface area contributed by atoms with E-state index in [9.17, 15) is 13.6 Å². The molecule has 2 rings (SSSR count). The lowest BCUT2D eigenvalue weighted by Crippen LogP contribution is -2.49. The van der Waals surface area contributed by atoms with Crippen molar-refractivity contribution in [2.24, 2.45) is 0 Å². The van der Waals surface area contributed by atoms with E-state index in [1.54, 1.807) is 0 Å². The number of nitriles is 1. The van der Waals surface area contributed by atoms with Gasteiger partial charge >= 0.3 is 12.0 Å². The normalized spacial score (nSPS) is 22.2. The molecule has 17 heavy (non-hydrogen) atoms. The Kier molecular flexibility index (Phi) is 2.68. The molecule has 1 amide bonds. The molecule has 4 nitrogen and oxygen atoms in total. The first-order chi connectivity index (χ1) is 8.03. The highest BCUT2D eigenvalue weighted by Gasteiger charge is 2.46. The summed E-state index contributed by atoms with van der Waals surface area (Å²) in [6, 6.07) is 6.15. The summed E-state index contributed by atoms with van der Waals surface area (Å²) in [7, 11) is 0. The van der Waals surface area contributed by atoms with Crippen molar-refractivity contribution in [3.63, 3.8) is 0 Å². The van der Waals surface area contributed by atoms with Crippen molar-refractivity contribution in [2.75, 3.05) is 6.61 Å². The topological polar surface area (TPSA) is 62.1 Å². The SMILES string of the molecule is N#Cc1cccc([C@@H]2NC(=O)OCC2(F)F)c1. The first-order valence-corrected chi connectivity index (χ1v) is 4.84. The highest BCUT2D eigenvalue weighted by molar-refractivity contribution is 5.69. The molecule has 0 aliphatic carbocycles. The van der Waals surface area contributed by atoms with Crippen molar-refractivity contribution in [3.05, 3.63) is 35.4 Å². The molecule has 1 atom stereocenters. The lowest BCUT2D eigenvalue weighted by Gasteiger charge is -2.31. The van der Waals surface area contributed by atoms with Crippen LogP contribution in [-0.2, 0) is 4.74 Å². The Hall–Kier alpha value is -2.16. The Morgan fingerprint density at radius 2 is 2.29 bits per heavy atom. The van der Waals surface area contributed by atoms with Crippen LogP contribution < -0.4 is 5.32 Å². The maximum Gasteiger partial charge on any atom is 0.408 e. The third-order valence-corrected chi connectivity index (χ3v) is 2.43. The molecule has 0 bridgehead atoms. The summed E-state index contributed by atoms with van der Waals surface area (Å²) in [5.41, 5.74) is 0.449. The Balaban J connectivity index is 2.36. The van der Waals surface area contributed by atoms with Crippen LogP contribution in [0, 0.1) is 11.3 Å². The van der Waals surface area contributed by atoms with Gasteiger partial charge in [0, 0.05) is 0 Å². The van der Waals surface area contributed by atoms with E-state index in [0.29, 0.717) is 0 Å². The van der Waals surface area contributed by atoms with Gasteiger partial charge in [-0.25, -0.2) is 13.6 Å². The average Bonchev–Trinajstić information content (AvgIpc) is 2.32. The molecule has 88 valence electrons. The number of benzene rings is 1. The summed E-state index contributed by atoms with van der Waals surface area (Å²) in [5, 5.41) is 10.7. The van der Waals surface area contributed by atoms with Crippen molar-refractivity contribution in [1.82, 2.24) is 5.32 Å². The number of ether oxygens (including phenoxy) is 1. The van der Waals surface area contributed by atoms with Crippen molar-refractivity contribution in [1.29, 1.82) is 5.26 Å². The number of alkyl carbamates (subject to hydrolysis) is 1. The Bertz CT molecular complexity index is 496. The average molecular weight is 238 g/mol. The lowest BCUT2D eigenvalue weighted by molar-refractivity contribution is -0.104. The number of hydrogen-bond donors (Lipinski definition) is 1. The van der Waals surface area contributed by atoms with Crippen LogP contribution in [-0.4, -0.2) is 18.6 Å². The van der Waals surface area contributed by atoms with Crippen LogP contribution in [0.5, 0.6) is 0 Å². The summed E-state index contributed by atoms with van der Waals surface area (Å²) in [4.78, 5) is 11.0. The van der Waals surface area contributed by atoms with Gasteiger partial charge in [-0.15, -0.1) is 0 Å². The molecule has 1 saturated heterocycles. The zero-order valence-electron chi connectivity index (χ0n) is 8.61. The lowest BCUT2D eigenvalue weighted by atomic mass is 9.98. The maximum absolute atomic E-state index is 13.5. The van der Waals surface area contributed by atoms with Gasteiger partial charge in [0.2, 0.25) is 0 Å². The van der Waals surface area contributed by atoms with Crippen molar-refractivity contribution >= 4 is 6.09 Å². The van der Waals surface area contributed by atoms with E-state index in [1.807, 2.05) is 6.07 Å². The van der Waals surface area contributed by atoms with E-state index >= 15 is 0 Å². The first kappa shape index (κ1) is 11.3. The number of cyclic esters (lactones) is 1. The van der Waals surface area contributed by atoms with Gasteiger partial charge in [0.1, 0.15) is 6.04 Å². The van der Waals surface area contributed by atoms with Gasteiger partial charge in [0.05, 0.1) is 11.6 Å². The number of alkyl halides is 2. The van der Waals surface area contributed by atoms with Gasteiger partial charge < -0.3 is 10.1 Å². The van der Waals surface area contributed by atoms with Crippen LogP contribution in [0.25, 0.3) is 0 Å². The third-order valence-electron chi connectivity index (χ3n) is 2.43.